The zero-order valence-electron chi connectivity index (χ0n) is 37.6. The normalized spacial score (nSPS) is 15.6. The van der Waals surface area contributed by atoms with Crippen LogP contribution in [0.2, 0.25) is 0 Å². The van der Waals surface area contributed by atoms with Gasteiger partial charge in [0.25, 0.3) is 17.7 Å². The number of carbonyl (C=O) groups excluding carboxylic acids is 6. The second-order valence-corrected chi connectivity index (χ2v) is 17.2. The Hall–Kier alpha value is -7.82. The van der Waals surface area contributed by atoms with Crippen molar-refractivity contribution in [3.05, 3.63) is 114 Å². The molecule has 17 heteroatoms. The van der Waals surface area contributed by atoms with Crippen LogP contribution in [0.3, 0.4) is 0 Å². The van der Waals surface area contributed by atoms with Gasteiger partial charge in [-0.1, -0.05) is 18.2 Å². The number of nitrogens with zero attached hydrogens (tertiary/aromatic N) is 4. The first kappa shape index (κ1) is 45.7. The van der Waals surface area contributed by atoms with Gasteiger partial charge in [-0.25, -0.2) is 4.98 Å². The molecule has 0 aliphatic carbocycles. The monoisotopic (exact) mass is 907 g/mol. The number of rotatable bonds is 20. The van der Waals surface area contributed by atoms with Crippen LogP contribution in [0.15, 0.2) is 91.4 Å². The van der Waals surface area contributed by atoms with Gasteiger partial charge in [0.2, 0.25) is 11.8 Å². The minimum absolute atomic E-state index is 0.00579. The predicted molar refractivity (Wildman–Crippen MR) is 253 cm³/mol. The molecule has 5 aromatic rings. The van der Waals surface area contributed by atoms with Gasteiger partial charge >= 0.3 is 0 Å². The van der Waals surface area contributed by atoms with Gasteiger partial charge in [0.15, 0.2) is 6.61 Å². The molecule has 67 heavy (non-hydrogen) atoms. The summed E-state index contributed by atoms with van der Waals surface area (Å²) in [5.74, 6) is -1.33. The Morgan fingerprint density at radius 3 is 2.51 bits per heavy atom. The lowest BCUT2D eigenvalue weighted by Gasteiger charge is -2.35. The molecule has 3 aliphatic heterocycles. The third-order valence-electron chi connectivity index (χ3n) is 11.9. The fraction of sp³-hybridized carbons (Fsp3) is 0.320. The van der Waals surface area contributed by atoms with Gasteiger partial charge in [-0.05, 0) is 93.6 Å². The van der Waals surface area contributed by atoms with E-state index in [9.17, 15) is 28.8 Å². The Balaban J connectivity index is 0.750. The molecule has 2 aromatic heterocycles. The fourth-order valence-corrected chi connectivity index (χ4v) is 8.37. The molecular formula is C50H53N9O8. The van der Waals surface area contributed by atoms with Crippen molar-refractivity contribution >= 4 is 64.4 Å². The Morgan fingerprint density at radius 2 is 1.70 bits per heavy atom. The number of fused-ring (bicyclic) bond motifs is 4. The van der Waals surface area contributed by atoms with Crippen LogP contribution in [0, 0.1) is 0 Å². The lowest BCUT2D eigenvalue weighted by Crippen LogP contribution is -2.54. The molecule has 8 rings (SSSR count). The van der Waals surface area contributed by atoms with E-state index in [0.29, 0.717) is 38.3 Å². The summed E-state index contributed by atoms with van der Waals surface area (Å²) in [5.41, 5.74) is 7.24. The maximum Gasteiger partial charge on any atom is 0.266 e. The molecule has 0 saturated carbocycles. The highest BCUT2D eigenvalue weighted by molar-refractivity contribution is 6.24. The van der Waals surface area contributed by atoms with E-state index >= 15 is 0 Å². The molecular weight excluding hydrogens is 855 g/mol. The van der Waals surface area contributed by atoms with Crippen molar-refractivity contribution < 1.29 is 38.2 Å². The molecule has 5 amide bonds. The summed E-state index contributed by atoms with van der Waals surface area (Å²) >= 11 is 0. The Bertz CT molecular complexity index is 2710. The van der Waals surface area contributed by atoms with E-state index in [1.165, 1.54) is 12.1 Å². The van der Waals surface area contributed by atoms with E-state index in [1.807, 2.05) is 37.5 Å². The van der Waals surface area contributed by atoms with Crippen LogP contribution in [0.5, 0.6) is 11.5 Å². The van der Waals surface area contributed by atoms with Crippen molar-refractivity contribution in [3.63, 3.8) is 0 Å². The van der Waals surface area contributed by atoms with Crippen LogP contribution in [-0.2, 0) is 31.3 Å². The molecule has 0 bridgehead atoms. The lowest BCUT2D eigenvalue weighted by atomic mass is 9.87. The average Bonchev–Trinajstić information content (AvgIpc) is 3.57. The maximum atomic E-state index is 13.3. The summed E-state index contributed by atoms with van der Waals surface area (Å²) in [6, 6.07) is 21.8. The molecule has 1 saturated heterocycles. The van der Waals surface area contributed by atoms with E-state index in [0.717, 1.165) is 81.3 Å². The van der Waals surface area contributed by atoms with Crippen LogP contribution in [0.4, 0.5) is 28.6 Å². The van der Waals surface area contributed by atoms with Crippen LogP contribution >= 0.6 is 0 Å². The summed E-state index contributed by atoms with van der Waals surface area (Å²) in [5, 5.41) is 15.3. The minimum atomic E-state index is -1.09. The van der Waals surface area contributed by atoms with Crippen molar-refractivity contribution in [1.82, 2.24) is 25.5 Å². The molecule has 3 aromatic carbocycles. The number of hydrogen-bond acceptors (Lipinski definition) is 14. The zero-order chi connectivity index (χ0) is 47.1. The van der Waals surface area contributed by atoms with Gasteiger partial charge in [-0.3, -0.25) is 39.2 Å². The molecule has 17 nitrogen and oxygen atoms in total. The first-order valence-corrected chi connectivity index (χ1v) is 22.4. The number of aromatic nitrogens is 2. The number of carbonyl (C=O) groups is 6. The molecule has 1 unspecified atom stereocenters. The highest BCUT2D eigenvalue weighted by Crippen LogP contribution is 2.47. The topological polar surface area (TPSA) is 213 Å². The third kappa shape index (κ3) is 10.5. The van der Waals surface area contributed by atoms with Gasteiger partial charge in [-0.15, -0.1) is 0 Å². The summed E-state index contributed by atoms with van der Waals surface area (Å²) in [7, 11) is 2.02. The second kappa shape index (κ2) is 20.1. The molecule has 346 valence electrons. The smallest absolute Gasteiger partial charge is 0.266 e. The highest BCUT2D eigenvalue weighted by Gasteiger charge is 2.46. The van der Waals surface area contributed by atoms with Crippen LogP contribution in [0.25, 0.3) is 11.1 Å². The number of ether oxygens (including phenoxy) is 2. The van der Waals surface area contributed by atoms with E-state index in [4.69, 9.17) is 14.5 Å². The Labute approximate surface area is 388 Å². The van der Waals surface area contributed by atoms with Gasteiger partial charge in [0.1, 0.15) is 35.2 Å². The number of anilines is 5. The second-order valence-electron chi connectivity index (χ2n) is 17.2. The Kier molecular flexibility index (Phi) is 13.7. The van der Waals surface area contributed by atoms with Crippen molar-refractivity contribution in [2.45, 2.75) is 70.6 Å². The maximum absolute atomic E-state index is 13.3. The summed E-state index contributed by atoms with van der Waals surface area (Å²) in [4.78, 5) is 85.9. The zero-order valence-corrected chi connectivity index (χ0v) is 37.6. The predicted octanol–water partition coefficient (Wildman–Crippen LogP) is 6.33. The molecule has 0 radical (unpaired) electrons. The van der Waals surface area contributed by atoms with E-state index in [2.05, 4.69) is 80.6 Å². The highest BCUT2D eigenvalue weighted by atomic mass is 16.5. The number of unbranched alkanes of at least 4 members (excludes halogenated alkanes) is 2. The first-order chi connectivity index (χ1) is 32.4. The molecule has 5 N–H and O–H groups in total. The molecule has 1 atom stereocenters. The van der Waals surface area contributed by atoms with Gasteiger partial charge < -0.3 is 40.4 Å². The number of benzene rings is 3. The average molecular weight is 908 g/mol. The van der Waals surface area contributed by atoms with Gasteiger partial charge in [0.05, 0.1) is 34.9 Å². The van der Waals surface area contributed by atoms with Crippen molar-refractivity contribution in [3.8, 4) is 22.6 Å². The van der Waals surface area contributed by atoms with Crippen LogP contribution in [0.1, 0.15) is 84.2 Å². The summed E-state index contributed by atoms with van der Waals surface area (Å²) in [6.45, 7) is 6.24. The van der Waals surface area contributed by atoms with Gasteiger partial charge in [0, 0.05) is 86.4 Å². The minimum Gasteiger partial charge on any atom is -0.483 e. The van der Waals surface area contributed by atoms with Crippen molar-refractivity contribution in [2.75, 3.05) is 54.1 Å². The molecule has 0 spiro atoms. The van der Waals surface area contributed by atoms with Crippen LogP contribution < -0.4 is 41.0 Å². The number of amides is 5. The summed E-state index contributed by atoms with van der Waals surface area (Å²) < 4.78 is 12.2. The molecule has 1 fully saturated rings. The molecule has 3 aliphatic rings. The lowest BCUT2D eigenvalue weighted by molar-refractivity contribution is -0.136. The number of imide groups is 2. The first-order valence-electron chi connectivity index (χ1n) is 22.4. The fourth-order valence-electron chi connectivity index (χ4n) is 8.37. The molecule has 5 heterocycles. The van der Waals surface area contributed by atoms with Crippen molar-refractivity contribution in [2.24, 2.45) is 0 Å². The number of piperidine rings is 1. The van der Waals surface area contributed by atoms with Gasteiger partial charge in [-0.2, -0.15) is 0 Å². The van der Waals surface area contributed by atoms with E-state index < -0.39 is 35.3 Å². The SMILES string of the molecule is CN(CCCC=O)c1ccc2c(c1)OC(C)(C)c1cc(Nc3cncc(NCc4ccc(NCCCCNC(=O)COc5cccc6c5C(=O)N(C5CCC(=O)NC5=O)C6=O)cc4)c3)ncc1-2. The number of aldehydes is 1. The number of hydrogen-bond donors (Lipinski definition) is 5. The van der Waals surface area contributed by atoms with E-state index in [-0.39, 0.29) is 42.2 Å². The third-order valence-corrected chi connectivity index (χ3v) is 11.9. The Morgan fingerprint density at radius 1 is 0.896 bits per heavy atom. The number of pyridine rings is 2. The van der Waals surface area contributed by atoms with Crippen molar-refractivity contribution in [1.29, 1.82) is 0 Å². The van der Waals surface area contributed by atoms with Crippen LogP contribution in [-0.4, -0.2) is 90.0 Å². The quantitative estimate of drug-likeness (QED) is 0.0328. The largest absolute Gasteiger partial charge is 0.483 e. The number of nitrogens with one attached hydrogen (secondary N) is 5. The summed E-state index contributed by atoms with van der Waals surface area (Å²) in [6.07, 6.45) is 9.28. The standard InChI is InChI=1S/C50H53N9O8/c1-50(2)39-25-43(55-29-38(39)36-16-15-35(24-42(36)67-50)58(3)21-6-7-22-60)56-34-23-33(27-51-28-34)54-26-31-11-13-32(14-12-31)52-19-4-5-20-53-45(62)30-66-41-10-8-9-37-46(41)49(65)59(48(37)64)40-17-18-44(61)57-47(40)63/h8-16,22-25,27-29,40,52,54H,4-7,17-21,26,30H2,1-3H3,(H,53,62)(H,55,56)(H,57,61,63). The van der Waals surface area contributed by atoms with E-state index in [1.54, 1.807) is 18.5 Å².